The summed E-state index contributed by atoms with van der Waals surface area (Å²) < 4.78 is 5.64. The van der Waals surface area contributed by atoms with Crippen molar-refractivity contribution in [2.75, 3.05) is 0 Å². The highest BCUT2D eigenvalue weighted by Crippen LogP contribution is 2.25. The molecule has 20 heavy (non-hydrogen) atoms. The lowest BCUT2D eigenvalue weighted by Crippen LogP contribution is -2.13. The smallest absolute Gasteiger partial charge is 0.138 e. The van der Waals surface area contributed by atoms with Crippen LogP contribution in [0.1, 0.15) is 36.6 Å². The van der Waals surface area contributed by atoms with Gasteiger partial charge in [0.1, 0.15) is 5.75 Å². The molecule has 0 aliphatic carbocycles. The van der Waals surface area contributed by atoms with Gasteiger partial charge in [-0.05, 0) is 49.6 Å². The summed E-state index contributed by atoms with van der Waals surface area (Å²) in [5.41, 5.74) is 9.24. The summed E-state index contributed by atoms with van der Waals surface area (Å²) >= 11 is 6.04. The van der Waals surface area contributed by atoms with E-state index in [-0.39, 0.29) is 12.1 Å². The highest BCUT2D eigenvalue weighted by molar-refractivity contribution is 6.31. The van der Waals surface area contributed by atoms with E-state index in [4.69, 9.17) is 22.1 Å². The molecule has 4 heteroatoms. The van der Waals surface area contributed by atoms with Crippen LogP contribution in [0.4, 0.5) is 0 Å². The summed E-state index contributed by atoms with van der Waals surface area (Å²) in [5.74, 6) is 0.735. The molecular formula is C16H19ClN2O. The number of aromatic nitrogens is 1. The third kappa shape index (κ3) is 3.50. The van der Waals surface area contributed by atoms with Crippen molar-refractivity contribution in [1.82, 2.24) is 4.98 Å². The van der Waals surface area contributed by atoms with Gasteiger partial charge in [0, 0.05) is 11.2 Å². The Labute approximate surface area is 124 Å². The molecule has 0 amide bonds. The number of pyridine rings is 1. The number of benzene rings is 1. The van der Waals surface area contributed by atoms with E-state index in [1.807, 2.05) is 45.0 Å². The topological polar surface area (TPSA) is 48.1 Å². The second-order valence-corrected chi connectivity index (χ2v) is 5.51. The SMILES string of the molecule is Cc1cc(C(N)c2cncc(OC(C)C)c2)ccc1Cl. The number of nitrogens with two attached hydrogens (primary N) is 1. The van der Waals surface area contributed by atoms with Gasteiger partial charge in [0.15, 0.2) is 0 Å². The van der Waals surface area contributed by atoms with Gasteiger partial charge in [-0.1, -0.05) is 23.7 Å². The highest BCUT2D eigenvalue weighted by atomic mass is 35.5. The van der Waals surface area contributed by atoms with Gasteiger partial charge in [-0.2, -0.15) is 0 Å². The van der Waals surface area contributed by atoms with Crippen LogP contribution < -0.4 is 10.5 Å². The molecule has 2 N–H and O–H groups in total. The minimum Gasteiger partial charge on any atom is -0.489 e. The summed E-state index contributed by atoms with van der Waals surface area (Å²) in [6.45, 7) is 5.93. The number of ether oxygens (including phenoxy) is 1. The fourth-order valence-corrected chi connectivity index (χ4v) is 2.11. The summed E-state index contributed by atoms with van der Waals surface area (Å²) in [7, 11) is 0. The lowest BCUT2D eigenvalue weighted by molar-refractivity contribution is 0.241. The van der Waals surface area contributed by atoms with Gasteiger partial charge in [-0.15, -0.1) is 0 Å². The lowest BCUT2D eigenvalue weighted by atomic mass is 9.99. The molecule has 1 aromatic heterocycles. The zero-order chi connectivity index (χ0) is 14.7. The average molecular weight is 291 g/mol. The van der Waals surface area contributed by atoms with E-state index in [2.05, 4.69) is 4.98 Å². The third-order valence-electron chi connectivity index (χ3n) is 3.01. The molecule has 0 radical (unpaired) electrons. The highest BCUT2D eigenvalue weighted by Gasteiger charge is 2.12. The Kier molecular flexibility index (Phi) is 4.63. The number of halogens is 1. The first-order valence-corrected chi connectivity index (χ1v) is 6.98. The number of hydrogen-bond donors (Lipinski definition) is 1. The fraction of sp³-hybridized carbons (Fsp3) is 0.312. The van der Waals surface area contributed by atoms with Crippen LogP contribution in [0.2, 0.25) is 5.02 Å². The second kappa shape index (κ2) is 6.25. The predicted octanol–water partition coefficient (Wildman–Crippen LogP) is 3.88. The Balaban J connectivity index is 2.28. The molecule has 0 spiro atoms. The molecule has 1 unspecified atom stereocenters. The van der Waals surface area contributed by atoms with Crippen LogP contribution in [-0.2, 0) is 0 Å². The van der Waals surface area contributed by atoms with Crippen molar-refractivity contribution in [2.45, 2.75) is 32.9 Å². The van der Waals surface area contributed by atoms with Crippen molar-refractivity contribution < 1.29 is 4.74 Å². The zero-order valence-electron chi connectivity index (χ0n) is 11.9. The van der Waals surface area contributed by atoms with E-state index in [0.29, 0.717) is 0 Å². The van der Waals surface area contributed by atoms with Crippen molar-refractivity contribution in [2.24, 2.45) is 5.73 Å². The number of aryl methyl sites for hydroxylation is 1. The summed E-state index contributed by atoms with van der Waals surface area (Å²) in [6, 6.07) is 7.50. The maximum atomic E-state index is 6.30. The first-order chi connectivity index (χ1) is 9.47. The van der Waals surface area contributed by atoms with Crippen LogP contribution in [0.3, 0.4) is 0 Å². The van der Waals surface area contributed by atoms with Gasteiger partial charge in [-0.25, -0.2) is 0 Å². The Hall–Kier alpha value is -1.58. The number of rotatable bonds is 4. The summed E-state index contributed by atoms with van der Waals surface area (Å²) in [5, 5.41) is 0.746. The van der Waals surface area contributed by atoms with Gasteiger partial charge < -0.3 is 10.5 Å². The molecule has 106 valence electrons. The normalized spacial score (nSPS) is 12.5. The Morgan fingerprint density at radius 1 is 1.15 bits per heavy atom. The number of nitrogens with zero attached hydrogens (tertiary/aromatic N) is 1. The first-order valence-electron chi connectivity index (χ1n) is 6.60. The molecular weight excluding hydrogens is 272 g/mol. The van der Waals surface area contributed by atoms with Crippen molar-refractivity contribution in [3.8, 4) is 5.75 Å². The molecule has 1 atom stereocenters. The maximum absolute atomic E-state index is 6.30. The monoisotopic (exact) mass is 290 g/mol. The van der Waals surface area contributed by atoms with Gasteiger partial charge in [-0.3, -0.25) is 4.98 Å². The van der Waals surface area contributed by atoms with Gasteiger partial charge in [0.05, 0.1) is 18.3 Å². The van der Waals surface area contributed by atoms with E-state index in [1.54, 1.807) is 12.4 Å². The fourth-order valence-electron chi connectivity index (χ4n) is 2.00. The van der Waals surface area contributed by atoms with Crippen molar-refractivity contribution in [1.29, 1.82) is 0 Å². The van der Waals surface area contributed by atoms with Crippen LogP contribution in [0, 0.1) is 6.92 Å². The van der Waals surface area contributed by atoms with Crippen molar-refractivity contribution >= 4 is 11.6 Å². The van der Waals surface area contributed by atoms with Gasteiger partial charge >= 0.3 is 0 Å². The minimum absolute atomic E-state index is 0.112. The number of hydrogen-bond acceptors (Lipinski definition) is 3. The molecule has 0 aliphatic heterocycles. The molecule has 2 aromatic rings. The Morgan fingerprint density at radius 3 is 2.55 bits per heavy atom. The maximum Gasteiger partial charge on any atom is 0.138 e. The average Bonchev–Trinajstić information content (AvgIpc) is 2.40. The van der Waals surface area contributed by atoms with E-state index in [1.165, 1.54) is 0 Å². The second-order valence-electron chi connectivity index (χ2n) is 5.11. The third-order valence-corrected chi connectivity index (χ3v) is 3.43. The zero-order valence-corrected chi connectivity index (χ0v) is 12.7. The minimum atomic E-state index is -0.242. The van der Waals surface area contributed by atoms with E-state index < -0.39 is 0 Å². The molecule has 0 saturated heterocycles. The molecule has 1 aromatic carbocycles. The van der Waals surface area contributed by atoms with E-state index in [0.717, 1.165) is 27.5 Å². The summed E-state index contributed by atoms with van der Waals surface area (Å²) in [6.07, 6.45) is 3.58. The lowest BCUT2D eigenvalue weighted by Gasteiger charge is -2.15. The standard InChI is InChI=1S/C16H19ClN2O/c1-10(2)20-14-7-13(8-19-9-14)16(18)12-4-5-15(17)11(3)6-12/h4-10,16H,18H2,1-3H3. The van der Waals surface area contributed by atoms with Crippen LogP contribution in [-0.4, -0.2) is 11.1 Å². The van der Waals surface area contributed by atoms with Crippen LogP contribution in [0.5, 0.6) is 5.75 Å². The quantitative estimate of drug-likeness (QED) is 0.929. The predicted molar refractivity (Wildman–Crippen MR) is 82.2 cm³/mol. The molecule has 2 rings (SSSR count). The molecule has 3 nitrogen and oxygen atoms in total. The molecule has 0 fully saturated rings. The molecule has 0 saturated carbocycles. The van der Waals surface area contributed by atoms with Crippen LogP contribution >= 0.6 is 11.6 Å². The first kappa shape index (κ1) is 14.8. The molecule has 0 bridgehead atoms. The largest absolute Gasteiger partial charge is 0.489 e. The van der Waals surface area contributed by atoms with Gasteiger partial charge in [0.2, 0.25) is 0 Å². The van der Waals surface area contributed by atoms with E-state index >= 15 is 0 Å². The van der Waals surface area contributed by atoms with Crippen LogP contribution in [0.15, 0.2) is 36.7 Å². The Bertz CT molecular complexity index is 599. The Morgan fingerprint density at radius 2 is 1.90 bits per heavy atom. The molecule has 1 heterocycles. The summed E-state index contributed by atoms with van der Waals surface area (Å²) in [4.78, 5) is 4.19. The van der Waals surface area contributed by atoms with Crippen molar-refractivity contribution in [3.05, 3.63) is 58.4 Å². The van der Waals surface area contributed by atoms with E-state index in [9.17, 15) is 0 Å². The molecule has 0 aliphatic rings. The van der Waals surface area contributed by atoms with Crippen LogP contribution in [0.25, 0.3) is 0 Å². The van der Waals surface area contributed by atoms with Crippen molar-refractivity contribution in [3.63, 3.8) is 0 Å². The van der Waals surface area contributed by atoms with Gasteiger partial charge in [0.25, 0.3) is 0 Å².